The number of nitrogens with one attached hydrogen (secondary N) is 1. The zero-order valence-corrected chi connectivity index (χ0v) is 21.0. The molecule has 4 rings (SSSR count). The number of aryl methyl sites for hydroxylation is 2. The average Bonchev–Trinajstić information content (AvgIpc) is 2.91. The molecular weight excluding hydrogens is 464 g/mol. The molecule has 0 aliphatic heterocycles. The van der Waals surface area contributed by atoms with Crippen molar-refractivity contribution in [1.29, 1.82) is 0 Å². The van der Waals surface area contributed by atoms with Crippen molar-refractivity contribution in [2.75, 3.05) is 11.5 Å². The number of hydrogen-bond donors (Lipinski definition) is 1. The van der Waals surface area contributed by atoms with E-state index in [1.807, 2.05) is 60.7 Å². The Morgan fingerprint density at radius 3 is 1.95 bits per heavy atom. The van der Waals surface area contributed by atoms with Gasteiger partial charge in [-0.3, -0.25) is 9.78 Å². The fraction of sp³-hybridized carbons (Fsp3) is 0.133. The van der Waals surface area contributed by atoms with Gasteiger partial charge in [0.05, 0.1) is 35.3 Å². The highest BCUT2D eigenvalue weighted by molar-refractivity contribution is 5.99. The maximum absolute atomic E-state index is 12.7. The topological polar surface area (TPSA) is 83.9 Å². The number of ether oxygens (including phenoxy) is 1. The molecule has 0 fully saturated rings. The molecule has 7 nitrogen and oxygen atoms in total. The van der Waals surface area contributed by atoms with E-state index in [-0.39, 0.29) is 17.7 Å². The van der Waals surface area contributed by atoms with Crippen molar-refractivity contribution in [1.82, 2.24) is 10.4 Å². The molecule has 3 aromatic carbocycles. The molecule has 37 heavy (non-hydrogen) atoms. The largest absolute Gasteiger partial charge is 0.462 e. The van der Waals surface area contributed by atoms with Gasteiger partial charge in [0, 0.05) is 17.1 Å². The minimum absolute atomic E-state index is 0.241. The monoisotopic (exact) mass is 492 g/mol. The lowest BCUT2D eigenvalue weighted by Crippen LogP contribution is -2.21. The zero-order valence-electron chi connectivity index (χ0n) is 21.0. The Morgan fingerprint density at radius 1 is 0.838 bits per heavy atom. The summed E-state index contributed by atoms with van der Waals surface area (Å²) < 4.78 is 5.06. The average molecular weight is 493 g/mol. The van der Waals surface area contributed by atoms with E-state index in [9.17, 15) is 9.59 Å². The maximum Gasteiger partial charge on any atom is 0.339 e. The summed E-state index contributed by atoms with van der Waals surface area (Å²) in [5.74, 6) is -0.965. The lowest BCUT2D eigenvalue weighted by Gasteiger charge is -2.25. The summed E-state index contributed by atoms with van der Waals surface area (Å²) in [4.78, 5) is 31.4. The Labute approximate surface area is 216 Å². The van der Waals surface area contributed by atoms with Crippen LogP contribution in [0.2, 0.25) is 0 Å². The lowest BCUT2D eigenvalue weighted by atomic mass is 10.1. The van der Waals surface area contributed by atoms with E-state index in [0.29, 0.717) is 11.4 Å². The number of hydrazone groups is 1. The molecule has 0 bridgehead atoms. The summed E-state index contributed by atoms with van der Waals surface area (Å²) in [5, 5.41) is 4.10. The molecule has 7 heteroatoms. The molecular formula is C30H28N4O3. The first-order valence-corrected chi connectivity index (χ1v) is 12.0. The number of esters is 1. The fourth-order valence-corrected chi connectivity index (χ4v) is 3.91. The molecule has 1 amide bonds. The van der Waals surface area contributed by atoms with Crippen LogP contribution >= 0.6 is 0 Å². The number of anilines is 3. The number of carbonyl (C=O) groups is 2. The van der Waals surface area contributed by atoms with Crippen molar-refractivity contribution in [2.24, 2.45) is 5.10 Å². The van der Waals surface area contributed by atoms with Crippen LogP contribution in [0, 0.1) is 13.8 Å². The van der Waals surface area contributed by atoms with Crippen LogP contribution in [0.25, 0.3) is 0 Å². The van der Waals surface area contributed by atoms with E-state index in [0.717, 1.165) is 22.6 Å². The Bertz CT molecular complexity index is 1360. The van der Waals surface area contributed by atoms with Gasteiger partial charge in [0.15, 0.2) is 0 Å². The number of amides is 1. The molecule has 0 atom stereocenters. The number of carbonyl (C=O) groups excluding carboxylic acids is 2. The Hall–Kier alpha value is -4.78. The first kappa shape index (κ1) is 25.3. The minimum atomic E-state index is -0.509. The molecule has 0 unspecified atom stereocenters. The van der Waals surface area contributed by atoms with E-state index in [1.54, 1.807) is 27.0 Å². The highest BCUT2D eigenvalue weighted by Crippen LogP contribution is 2.33. The molecule has 0 aliphatic carbocycles. The third-order valence-corrected chi connectivity index (χ3v) is 5.70. The van der Waals surface area contributed by atoms with Crippen molar-refractivity contribution in [3.63, 3.8) is 0 Å². The highest BCUT2D eigenvalue weighted by Gasteiger charge is 2.18. The summed E-state index contributed by atoms with van der Waals surface area (Å²) in [7, 11) is 0. The predicted molar refractivity (Wildman–Crippen MR) is 146 cm³/mol. The molecule has 1 heterocycles. The highest BCUT2D eigenvalue weighted by atomic mass is 16.5. The van der Waals surface area contributed by atoms with Gasteiger partial charge in [-0.15, -0.1) is 0 Å². The Morgan fingerprint density at radius 2 is 1.38 bits per heavy atom. The van der Waals surface area contributed by atoms with Crippen LogP contribution in [0.5, 0.6) is 0 Å². The van der Waals surface area contributed by atoms with Crippen LogP contribution in [0.3, 0.4) is 0 Å². The number of nitrogens with zero attached hydrogens (tertiary/aromatic N) is 3. The van der Waals surface area contributed by atoms with Crippen molar-refractivity contribution >= 4 is 35.2 Å². The number of para-hydroxylation sites is 2. The normalized spacial score (nSPS) is 10.8. The van der Waals surface area contributed by atoms with E-state index in [2.05, 4.69) is 44.7 Å². The molecule has 0 saturated carbocycles. The number of pyridine rings is 1. The predicted octanol–water partition coefficient (Wildman–Crippen LogP) is 6.11. The second-order valence-corrected chi connectivity index (χ2v) is 8.27. The standard InChI is InChI=1S/C30H28N4O3/c1-4-37-30(36)28-19-27(21(2)32-22(28)3)29(35)33-31-20-23-15-17-26(18-16-23)34(24-11-7-5-8-12-24)25-13-9-6-10-14-25/h5-20H,4H2,1-3H3,(H,33,35)/b31-20+. The van der Waals surface area contributed by atoms with Gasteiger partial charge in [0.25, 0.3) is 5.91 Å². The summed E-state index contributed by atoms with van der Waals surface area (Å²) in [5.41, 5.74) is 7.97. The molecule has 4 aromatic rings. The molecule has 1 N–H and O–H groups in total. The molecule has 0 spiro atoms. The number of hydrogen-bond acceptors (Lipinski definition) is 6. The molecule has 0 saturated heterocycles. The number of benzene rings is 3. The lowest BCUT2D eigenvalue weighted by molar-refractivity contribution is 0.0525. The summed E-state index contributed by atoms with van der Waals surface area (Å²) in [6.07, 6.45) is 1.57. The zero-order chi connectivity index (χ0) is 26.2. The van der Waals surface area contributed by atoms with Crippen LogP contribution in [0.15, 0.2) is 96.1 Å². The quantitative estimate of drug-likeness (QED) is 0.182. The van der Waals surface area contributed by atoms with E-state index >= 15 is 0 Å². The van der Waals surface area contributed by atoms with Crippen LogP contribution in [-0.2, 0) is 4.74 Å². The van der Waals surface area contributed by atoms with Crippen LogP contribution < -0.4 is 10.3 Å². The van der Waals surface area contributed by atoms with Gasteiger partial charge in [0.1, 0.15) is 0 Å². The van der Waals surface area contributed by atoms with Gasteiger partial charge >= 0.3 is 5.97 Å². The third kappa shape index (κ3) is 6.08. The summed E-state index contributed by atoms with van der Waals surface area (Å²) in [6.45, 7) is 5.39. The van der Waals surface area contributed by atoms with Gasteiger partial charge < -0.3 is 9.64 Å². The fourth-order valence-electron chi connectivity index (χ4n) is 3.91. The number of aromatic nitrogens is 1. The number of rotatable bonds is 8. The first-order chi connectivity index (χ1) is 18.0. The Balaban J connectivity index is 1.50. The van der Waals surface area contributed by atoms with Gasteiger partial charge in [-0.25, -0.2) is 10.2 Å². The summed E-state index contributed by atoms with van der Waals surface area (Å²) >= 11 is 0. The minimum Gasteiger partial charge on any atom is -0.462 e. The van der Waals surface area contributed by atoms with Crippen molar-refractivity contribution < 1.29 is 14.3 Å². The van der Waals surface area contributed by atoms with Gasteiger partial charge in [0.2, 0.25) is 0 Å². The SMILES string of the molecule is CCOC(=O)c1cc(C(=O)N/N=C/c2ccc(N(c3ccccc3)c3ccccc3)cc2)c(C)nc1C. The van der Waals surface area contributed by atoms with Crippen molar-refractivity contribution in [3.8, 4) is 0 Å². The van der Waals surface area contributed by atoms with E-state index in [4.69, 9.17) is 4.74 Å². The maximum atomic E-state index is 12.7. The van der Waals surface area contributed by atoms with Gasteiger partial charge in [-0.2, -0.15) is 5.10 Å². The molecule has 0 aliphatic rings. The van der Waals surface area contributed by atoms with E-state index < -0.39 is 11.9 Å². The second-order valence-electron chi connectivity index (χ2n) is 8.27. The first-order valence-electron chi connectivity index (χ1n) is 12.0. The van der Waals surface area contributed by atoms with Crippen molar-refractivity contribution in [3.05, 3.63) is 119 Å². The van der Waals surface area contributed by atoms with Crippen LogP contribution in [0.4, 0.5) is 17.1 Å². The smallest absolute Gasteiger partial charge is 0.339 e. The van der Waals surface area contributed by atoms with Gasteiger partial charge in [-0.05, 0) is 68.8 Å². The second kappa shape index (κ2) is 11.8. The molecule has 186 valence electrons. The van der Waals surface area contributed by atoms with E-state index in [1.165, 1.54) is 6.07 Å². The van der Waals surface area contributed by atoms with Crippen molar-refractivity contribution in [2.45, 2.75) is 20.8 Å². The third-order valence-electron chi connectivity index (χ3n) is 5.70. The van der Waals surface area contributed by atoms with Crippen LogP contribution in [-0.4, -0.2) is 29.7 Å². The van der Waals surface area contributed by atoms with Crippen LogP contribution in [0.1, 0.15) is 44.6 Å². The molecule has 1 aromatic heterocycles. The molecule has 0 radical (unpaired) electrons. The summed E-state index contributed by atoms with van der Waals surface area (Å²) in [6, 6.07) is 29.6. The van der Waals surface area contributed by atoms with Gasteiger partial charge in [-0.1, -0.05) is 48.5 Å². The Kier molecular flexibility index (Phi) is 8.05.